The molecule has 1 aromatic rings. The van der Waals surface area contributed by atoms with Gasteiger partial charge in [0.05, 0.1) is 0 Å². The van der Waals surface area contributed by atoms with Crippen molar-refractivity contribution in [1.29, 1.82) is 0 Å². The molecule has 0 amide bonds. The number of hydrogen-bond acceptors (Lipinski definition) is 2. The minimum Gasteiger partial charge on any atom is -0.381 e. The molecule has 4 heteroatoms. The molecule has 0 spiro atoms. The zero-order valence-corrected chi connectivity index (χ0v) is 9.55. The van der Waals surface area contributed by atoms with Gasteiger partial charge in [-0.2, -0.15) is 5.10 Å². The summed E-state index contributed by atoms with van der Waals surface area (Å²) in [5, 5.41) is 4.12. The Morgan fingerprint density at radius 1 is 1.53 bits per heavy atom. The van der Waals surface area contributed by atoms with Gasteiger partial charge in [0.1, 0.15) is 5.69 Å². The van der Waals surface area contributed by atoms with Crippen molar-refractivity contribution >= 4 is 5.82 Å². The van der Waals surface area contributed by atoms with Gasteiger partial charge < -0.3 is 5.73 Å². The lowest BCUT2D eigenvalue weighted by atomic mass is 9.82. The van der Waals surface area contributed by atoms with Crippen LogP contribution in [0.1, 0.15) is 32.4 Å². The molecule has 2 rings (SSSR count). The second kappa shape index (κ2) is 3.22. The molecule has 0 aliphatic heterocycles. The van der Waals surface area contributed by atoms with Gasteiger partial charge in [0, 0.05) is 7.05 Å². The largest absolute Gasteiger partial charge is 0.381 e. The van der Waals surface area contributed by atoms with Crippen LogP contribution >= 0.6 is 0 Å². The molecule has 1 heterocycles. The first-order chi connectivity index (χ1) is 6.92. The van der Waals surface area contributed by atoms with E-state index in [0.717, 1.165) is 5.92 Å². The molecule has 1 aliphatic carbocycles. The Hall–Kier alpha value is -1.06. The van der Waals surface area contributed by atoms with Crippen molar-refractivity contribution in [2.24, 2.45) is 18.4 Å². The first-order valence-corrected chi connectivity index (χ1v) is 5.38. The first kappa shape index (κ1) is 10.5. The van der Waals surface area contributed by atoms with Crippen LogP contribution in [0.3, 0.4) is 0 Å². The summed E-state index contributed by atoms with van der Waals surface area (Å²) in [4.78, 5) is 0. The molecule has 0 atom stereocenters. The van der Waals surface area contributed by atoms with Gasteiger partial charge in [0.25, 0.3) is 0 Å². The Morgan fingerprint density at radius 2 is 2.13 bits per heavy atom. The summed E-state index contributed by atoms with van der Waals surface area (Å²) in [6, 6.07) is 0. The fourth-order valence-electron chi connectivity index (χ4n) is 2.12. The maximum Gasteiger partial charge on any atom is 0.188 e. The molecule has 15 heavy (non-hydrogen) atoms. The van der Waals surface area contributed by atoms with Gasteiger partial charge in [-0.25, -0.2) is 4.39 Å². The van der Waals surface area contributed by atoms with Gasteiger partial charge in [0.2, 0.25) is 0 Å². The molecule has 0 bridgehead atoms. The van der Waals surface area contributed by atoms with Crippen LogP contribution in [0, 0.1) is 17.2 Å². The summed E-state index contributed by atoms with van der Waals surface area (Å²) in [6.07, 6.45) is 3.20. The average Bonchev–Trinajstić information content (AvgIpc) is 2.93. The van der Waals surface area contributed by atoms with Crippen LogP contribution < -0.4 is 5.73 Å². The lowest BCUT2D eigenvalue weighted by molar-refractivity contribution is 0.299. The summed E-state index contributed by atoms with van der Waals surface area (Å²) in [7, 11) is 1.67. The van der Waals surface area contributed by atoms with E-state index in [2.05, 4.69) is 18.9 Å². The van der Waals surface area contributed by atoms with Crippen LogP contribution in [0.25, 0.3) is 0 Å². The second-order valence-corrected chi connectivity index (χ2v) is 5.21. The Morgan fingerprint density at radius 3 is 2.53 bits per heavy atom. The van der Waals surface area contributed by atoms with Gasteiger partial charge in [-0.05, 0) is 30.6 Å². The molecule has 1 saturated carbocycles. The quantitative estimate of drug-likeness (QED) is 0.832. The molecular formula is C11H18FN3. The number of halogens is 1. The van der Waals surface area contributed by atoms with Crippen LogP contribution in [-0.4, -0.2) is 9.78 Å². The molecule has 0 unspecified atom stereocenters. The van der Waals surface area contributed by atoms with E-state index in [0.29, 0.717) is 12.1 Å². The van der Waals surface area contributed by atoms with Crippen LogP contribution in [0.2, 0.25) is 0 Å². The second-order valence-electron chi connectivity index (χ2n) is 5.21. The highest BCUT2D eigenvalue weighted by atomic mass is 19.1. The van der Waals surface area contributed by atoms with Gasteiger partial charge in [-0.15, -0.1) is 0 Å². The number of anilines is 1. The van der Waals surface area contributed by atoms with Crippen LogP contribution in [0.5, 0.6) is 0 Å². The molecule has 84 valence electrons. The summed E-state index contributed by atoms with van der Waals surface area (Å²) >= 11 is 0. The van der Waals surface area contributed by atoms with Crippen molar-refractivity contribution in [2.75, 3.05) is 5.73 Å². The standard InChI is InChI=1S/C11H18FN3/c1-11(2,7-4-5-7)6-8-9(12)10(13)15(3)14-8/h7H,4-6,13H2,1-3H3. The molecule has 0 saturated heterocycles. The number of nitrogens with two attached hydrogens (primary N) is 1. The number of nitrogens with zero attached hydrogens (tertiary/aromatic N) is 2. The van der Waals surface area contributed by atoms with Crippen molar-refractivity contribution in [3.8, 4) is 0 Å². The molecule has 0 aromatic carbocycles. The number of rotatable bonds is 3. The van der Waals surface area contributed by atoms with E-state index in [9.17, 15) is 4.39 Å². The number of hydrogen-bond donors (Lipinski definition) is 1. The molecule has 1 aliphatic rings. The fourth-order valence-corrected chi connectivity index (χ4v) is 2.12. The third kappa shape index (κ3) is 1.85. The molecular weight excluding hydrogens is 193 g/mol. The number of nitrogen functional groups attached to an aromatic ring is 1. The third-order valence-electron chi connectivity index (χ3n) is 3.40. The minimum absolute atomic E-state index is 0.136. The Labute approximate surface area is 89.5 Å². The smallest absolute Gasteiger partial charge is 0.188 e. The predicted octanol–water partition coefficient (Wildman–Crippen LogP) is 2.12. The van der Waals surface area contributed by atoms with E-state index in [1.165, 1.54) is 17.5 Å². The minimum atomic E-state index is -0.341. The zero-order valence-electron chi connectivity index (χ0n) is 9.55. The topological polar surface area (TPSA) is 43.8 Å². The van der Waals surface area contributed by atoms with E-state index < -0.39 is 0 Å². The predicted molar refractivity (Wildman–Crippen MR) is 57.8 cm³/mol. The zero-order chi connectivity index (χ0) is 11.2. The lowest BCUT2D eigenvalue weighted by Gasteiger charge is -2.22. The molecule has 0 radical (unpaired) electrons. The number of aryl methyl sites for hydroxylation is 1. The average molecular weight is 211 g/mol. The maximum absolute atomic E-state index is 13.6. The Kier molecular flexibility index (Phi) is 2.24. The van der Waals surface area contributed by atoms with Crippen molar-refractivity contribution in [3.05, 3.63) is 11.5 Å². The van der Waals surface area contributed by atoms with Crippen molar-refractivity contribution in [3.63, 3.8) is 0 Å². The summed E-state index contributed by atoms with van der Waals surface area (Å²) < 4.78 is 15.0. The van der Waals surface area contributed by atoms with E-state index in [4.69, 9.17) is 5.73 Å². The highest BCUT2D eigenvalue weighted by Crippen LogP contribution is 2.47. The van der Waals surface area contributed by atoms with E-state index in [1.54, 1.807) is 7.05 Å². The summed E-state index contributed by atoms with van der Waals surface area (Å²) in [5.41, 5.74) is 6.19. The van der Waals surface area contributed by atoms with Crippen molar-refractivity contribution in [1.82, 2.24) is 9.78 Å². The SMILES string of the molecule is Cn1nc(CC(C)(C)C2CC2)c(F)c1N. The monoisotopic (exact) mass is 211 g/mol. The van der Waals surface area contributed by atoms with E-state index in [1.807, 2.05) is 0 Å². The van der Waals surface area contributed by atoms with Crippen LogP contribution in [-0.2, 0) is 13.5 Å². The molecule has 3 nitrogen and oxygen atoms in total. The third-order valence-corrected chi connectivity index (χ3v) is 3.40. The van der Waals surface area contributed by atoms with E-state index in [-0.39, 0.29) is 17.1 Å². The summed E-state index contributed by atoms with van der Waals surface area (Å²) in [5.74, 6) is 0.517. The maximum atomic E-state index is 13.6. The van der Waals surface area contributed by atoms with Gasteiger partial charge >= 0.3 is 0 Å². The fraction of sp³-hybridized carbons (Fsp3) is 0.727. The van der Waals surface area contributed by atoms with Crippen molar-refractivity contribution < 1.29 is 4.39 Å². The highest BCUT2D eigenvalue weighted by molar-refractivity contribution is 5.33. The molecule has 1 aromatic heterocycles. The van der Waals surface area contributed by atoms with E-state index >= 15 is 0 Å². The van der Waals surface area contributed by atoms with Gasteiger partial charge in [-0.1, -0.05) is 13.8 Å². The highest BCUT2D eigenvalue weighted by Gasteiger charge is 2.38. The van der Waals surface area contributed by atoms with Gasteiger partial charge in [0.15, 0.2) is 11.6 Å². The van der Waals surface area contributed by atoms with Crippen LogP contribution in [0.4, 0.5) is 10.2 Å². The Bertz CT molecular complexity index is 377. The van der Waals surface area contributed by atoms with Crippen molar-refractivity contribution in [2.45, 2.75) is 33.1 Å². The molecule has 1 fully saturated rings. The normalized spacial score (nSPS) is 17.1. The summed E-state index contributed by atoms with van der Waals surface area (Å²) in [6.45, 7) is 4.35. The number of aromatic nitrogens is 2. The molecule has 2 N–H and O–H groups in total. The van der Waals surface area contributed by atoms with Gasteiger partial charge in [-0.3, -0.25) is 4.68 Å². The Balaban J connectivity index is 2.20. The lowest BCUT2D eigenvalue weighted by Crippen LogP contribution is -2.18. The van der Waals surface area contributed by atoms with Crippen LogP contribution in [0.15, 0.2) is 0 Å². The first-order valence-electron chi connectivity index (χ1n) is 5.38.